The quantitative estimate of drug-likeness (QED) is 0.587. The maximum absolute atomic E-state index is 12.7. The Morgan fingerprint density at radius 1 is 1.33 bits per heavy atom. The Bertz CT molecular complexity index is 377. The van der Waals surface area contributed by atoms with Crippen molar-refractivity contribution in [1.82, 2.24) is 0 Å². The fourth-order valence-corrected chi connectivity index (χ4v) is 0.915. The maximum Gasteiger partial charge on any atom is 0.440 e. The number of carbonyl (C=O) groups is 1. The lowest BCUT2D eigenvalue weighted by Crippen LogP contribution is -2.19. The maximum atomic E-state index is 12.7. The number of nitrogens with zero attached hydrogens (tertiary/aromatic N) is 1. The zero-order valence-electron chi connectivity index (χ0n) is 7.12. The van der Waals surface area contributed by atoms with E-state index in [0.717, 1.165) is 18.2 Å². The predicted octanol–water partition coefficient (Wildman–Crippen LogP) is 3.07. The van der Waals surface area contributed by atoms with Crippen molar-refractivity contribution in [3.8, 4) is 0 Å². The Hall–Kier alpha value is -1.79. The molecule has 1 N–H and O–H groups in total. The van der Waals surface area contributed by atoms with Gasteiger partial charge < -0.3 is 5.11 Å². The van der Waals surface area contributed by atoms with Gasteiger partial charge in [-0.1, -0.05) is 10.5 Å². The minimum absolute atomic E-state index is 0.411. The number of carboxylic acid groups (broad SMARTS) is 1. The molecular formula is C8H5F4NO2. The van der Waals surface area contributed by atoms with Crippen LogP contribution < -0.4 is 5.12 Å². The van der Waals surface area contributed by atoms with Gasteiger partial charge >= 0.3 is 12.3 Å². The van der Waals surface area contributed by atoms with Crippen LogP contribution >= 0.6 is 0 Å². The summed E-state index contributed by atoms with van der Waals surface area (Å²) in [4.78, 5) is 10.1. The molecule has 3 nitrogen and oxygen atoms in total. The molecule has 1 rings (SSSR count). The SMILES string of the molecule is O=C(O)N(F)c1cccc(C(F)(F)F)c1. The molecule has 0 aliphatic rings. The van der Waals surface area contributed by atoms with Gasteiger partial charge in [0.2, 0.25) is 0 Å². The predicted molar refractivity (Wildman–Crippen MR) is 43.1 cm³/mol. The zero-order valence-corrected chi connectivity index (χ0v) is 7.12. The van der Waals surface area contributed by atoms with Crippen LogP contribution in [0.1, 0.15) is 5.56 Å². The van der Waals surface area contributed by atoms with Crippen molar-refractivity contribution in [1.29, 1.82) is 0 Å². The highest BCUT2D eigenvalue weighted by Gasteiger charge is 2.31. The van der Waals surface area contributed by atoms with E-state index in [0.29, 0.717) is 6.07 Å². The summed E-state index contributed by atoms with van der Waals surface area (Å²) >= 11 is 0. The first kappa shape index (κ1) is 11.3. The van der Waals surface area contributed by atoms with Gasteiger partial charge in [0.05, 0.1) is 11.3 Å². The fraction of sp³-hybridized carbons (Fsp3) is 0.125. The number of halogens is 4. The third kappa shape index (κ3) is 2.58. The first-order valence-corrected chi connectivity index (χ1v) is 3.68. The molecule has 1 aromatic carbocycles. The molecule has 0 saturated carbocycles. The lowest BCUT2D eigenvalue weighted by Gasteiger charge is -2.11. The highest BCUT2D eigenvalue weighted by atomic mass is 19.4. The van der Waals surface area contributed by atoms with Crippen molar-refractivity contribution in [3.63, 3.8) is 0 Å². The molecule has 0 heterocycles. The molecule has 0 fully saturated rings. The van der Waals surface area contributed by atoms with Gasteiger partial charge in [-0.2, -0.15) is 13.2 Å². The second-order valence-electron chi connectivity index (χ2n) is 2.61. The van der Waals surface area contributed by atoms with Crippen LogP contribution in [0.2, 0.25) is 0 Å². The summed E-state index contributed by atoms with van der Waals surface area (Å²) in [5.74, 6) is 0. The third-order valence-corrected chi connectivity index (χ3v) is 1.57. The van der Waals surface area contributed by atoms with E-state index in [1.165, 1.54) is 0 Å². The summed E-state index contributed by atoms with van der Waals surface area (Å²) in [6, 6.07) is 2.98. The first-order chi connectivity index (χ1) is 6.82. The fourth-order valence-electron chi connectivity index (χ4n) is 0.915. The molecule has 0 atom stereocenters. The largest absolute Gasteiger partial charge is 0.463 e. The summed E-state index contributed by atoms with van der Waals surface area (Å²) in [6.07, 6.45) is -6.61. The van der Waals surface area contributed by atoms with Gasteiger partial charge in [0.25, 0.3) is 0 Å². The van der Waals surface area contributed by atoms with E-state index in [9.17, 15) is 22.4 Å². The smallest absolute Gasteiger partial charge is 0.440 e. The van der Waals surface area contributed by atoms with Crippen molar-refractivity contribution < 1.29 is 27.6 Å². The van der Waals surface area contributed by atoms with Gasteiger partial charge in [0.1, 0.15) is 0 Å². The highest BCUT2D eigenvalue weighted by Crippen LogP contribution is 2.31. The second kappa shape index (κ2) is 3.76. The van der Waals surface area contributed by atoms with Crippen LogP contribution in [-0.2, 0) is 6.18 Å². The molecule has 82 valence electrons. The molecule has 1 aromatic rings. The average molecular weight is 223 g/mol. The van der Waals surface area contributed by atoms with E-state index < -0.39 is 28.6 Å². The van der Waals surface area contributed by atoms with E-state index in [1.807, 2.05) is 0 Å². The zero-order chi connectivity index (χ0) is 11.6. The number of anilines is 1. The highest BCUT2D eigenvalue weighted by molar-refractivity contribution is 5.83. The molecular weight excluding hydrogens is 218 g/mol. The van der Waals surface area contributed by atoms with Crippen LogP contribution in [0.15, 0.2) is 24.3 Å². The third-order valence-electron chi connectivity index (χ3n) is 1.57. The van der Waals surface area contributed by atoms with Crippen LogP contribution in [0.5, 0.6) is 0 Å². The van der Waals surface area contributed by atoms with Crippen molar-refractivity contribution in [2.75, 3.05) is 5.12 Å². The van der Waals surface area contributed by atoms with Crippen LogP contribution in [0.25, 0.3) is 0 Å². The summed E-state index contributed by atoms with van der Waals surface area (Å²) in [5.41, 5.74) is -1.79. The Morgan fingerprint density at radius 3 is 2.40 bits per heavy atom. The Morgan fingerprint density at radius 2 is 1.93 bits per heavy atom. The number of hydrogen-bond acceptors (Lipinski definition) is 1. The average Bonchev–Trinajstić information content (AvgIpc) is 2.15. The lowest BCUT2D eigenvalue weighted by molar-refractivity contribution is -0.137. The van der Waals surface area contributed by atoms with Crippen molar-refractivity contribution in [2.45, 2.75) is 6.18 Å². The summed E-state index contributed by atoms with van der Waals surface area (Å²) < 4.78 is 49.1. The Kier molecular flexibility index (Phi) is 2.83. The molecule has 0 bridgehead atoms. The molecule has 15 heavy (non-hydrogen) atoms. The summed E-state index contributed by atoms with van der Waals surface area (Å²) in [6.45, 7) is 0. The number of amides is 1. The molecule has 0 aromatic heterocycles. The Balaban J connectivity index is 3.08. The molecule has 0 spiro atoms. The Labute approximate surface area is 81.5 Å². The monoisotopic (exact) mass is 223 g/mol. The van der Waals surface area contributed by atoms with E-state index in [1.54, 1.807) is 0 Å². The molecule has 0 radical (unpaired) electrons. The van der Waals surface area contributed by atoms with Crippen molar-refractivity contribution in [3.05, 3.63) is 29.8 Å². The normalized spacial score (nSPS) is 11.2. The molecule has 0 aliphatic carbocycles. The van der Waals surface area contributed by atoms with Gasteiger partial charge in [-0.05, 0) is 18.2 Å². The molecule has 1 amide bonds. The van der Waals surface area contributed by atoms with Gasteiger partial charge in [-0.15, -0.1) is 5.12 Å². The van der Waals surface area contributed by atoms with Crippen LogP contribution in [0.4, 0.5) is 28.1 Å². The number of rotatable bonds is 1. The van der Waals surface area contributed by atoms with Crippen molar-refractivity contribution in [2.24, 2.45) is 0 Å². The molecule has 0 unspecified atom stereocenters. The second-order valence-corrected chi connectivity index (χ2v) is 2.61. The lowest BCUT2D eigenvalue weighted by atomic mass is 10.2. The van der Waals surface area contributed by atoms with Gasteiger partial charge in [0, 0.05) is 0 Å². The number of alkyl halides is 3. The molecule has 0 saturated heterocycles. The van der Waals surface area contributed by atoms with Gasteiger partial charge in [0.15, 0.2) is 0 Å². The van der Waals surface area contributed by atoms with Crippen LogP contribution in [0.3, 0.4) is 0 Å². The van der Waals surface area contributed by atoms with Gasteiger partial charge in [-0.25, -0.2) is 4.79 Å². The minimum atomic E-state index is -4.63. The summed E-state index contributed by atoms with van der Waals surface area (Å²) in [5, 5.41) is 7.42. The van der Waals surface area contributed by atoms with Gasteiger partial charge in [-0.3, -0.25) is 0 Å². The topological polar surface area (TPSA) is 40.5 Å². The number of benzene rings is 1. The first-order valence-electron chi connectivity index (χ1n) is 3.68. The van der Waals surface area contributed by atoms with E-state index in [-0.39, 0.29) is 0 Å². The standard InChI is InChI=1S/C8H5F4NO2/c9-8(10,11)5-2-1-3-6(4-5)13(12)7(14)15/h1-4H,(H,14,15). The molecule has 0 aliphatic heterocycles. The van der Waals surface area contributed by atoms with E-state index in [4.69, 9.17) is 5.11 Å². The van der Waals surface area contributed by atoms with E-state index in [2.05, 4.69) is 0 Å². The molecule has 7 heteroatoms. The number of hydrogen-bond donors (Lipinski definition) is 1. The summed E-state index contributed by atoms with van der Waals surface area (Å²) in [7, 11) is 0. The van der Waals surface area contributed by atoms with Crippen molar-refractivity contribution >= 4 is 11.8 Å². The van der Waals surface area contributed by atoms with Crippen LogP contribution in [0, 0.1) is 0 Å². The van der Waals surface area contributed by atoms with Crippen LogP contribution in [-0.4, -0.2) is 11.2 Å². The van der Waals surface area contributed by atoms with E-state index >= 15 is 0 Å². The minimum Gasteiger partial charge on any atom is -0.463 e.